The average Bonchev–Trinajstić information content (AvgIpc) is 3.94. The Kier molecular flexibility index (Phi) is 14.1. The number of unbranched alkanes of at least 4 members (excludes halogenated alkanes) is 1. The highest BCUT2D eigenvalue weighted by Crippen LogP contribution is 2.72. The van der Waals surface area contributed by atoms with Gasteiger partial charge in [0.2, 0.25) is 11.8 Å². The van der Waals surface area contributed by atoms with E-state index in [4.69, 9.17) is 14.3 Å². The van der Waals surface area contributed by atoms with E-state index >= 15 is 8.78 Å². The fraction of sp³-hybridized carbons (Fsp3) is 0.528. The molecule has 1 unspecified atom stereocenters. The van der Waals surface area contributed by atoms with Gasteiger partial charge in [0, 0.05) is 66.0 Å². The highest BCUT2D eigenvalue weighted by Gasteiger charge is 2.80. The maximum atomic E-state index is 17.8. The largest absolute Gasteiger partial charge is 0.390 e. The number of ether oxygens (including phenoxy) is 2. The molecule has 374 valence electrons. The molecule has 4 amide bonds. The van der Waals surface area contributed by atoms with Gasteiger partial charge in [-0.1, -0.05) is 75.1 Å². The normalized spacial score (nSPS) is 32.8. The van der Waals surface area contributed by atoms with E-state index in [1.165, 1.54) is 6.92 Å². The van der Waals surface area contributed by atoms with E-state index in [1.54, 1.807) is 51.1 Å². The second-order valence-electron chi connectivity index (χ2n) is 20.4. The third kappa shape index (κ3) is 8.87. The molecule has 70 heavy (non-hydrogen) atoms. The molecule has 4 aliphatic carbocycles. The number of benzene rings is 2. The Balaban J connectivity index is 0.833. The summed E-state index contributed by atoms with van der Waals surface area (Å²) in [6.45, 7) is 9.58. The molecule has 2 aromatic rings. The topological polar surface area (TPSA) is 215 Å². The number of aliphatic hydroxyl groups excluding tert-OH is 2. The number of halogens is 2. The number of Topliss-reactive ketones (excluding diaryl/α,β-unsaturated/α-hetero) is 2. The summed E-state index contributed by atoms with van der Waals surface area (Å²) in [4.78, 5) is 92.7. The fourth-order valence-electron chi connectivity index (χ4n) is 12.2. The third-order valence-corrected chi connectivity index (χ3v) is 15.9. The molecular formula is C53H61F2N3O12. The Bertz CT molecular complexity index is 2530. The van der Waals surface area contributed by atoms with E-state index in [1.807, 2.05) is 36.4 Å². The first-order valence-electron chi connectivity index (χ1n) is 24.1. The number of ketones is 2. The monoisotopic (exact) mass is 969 g/mol. The van der Waals surface area contributed by atoms with E-state index in [0.29, 0.717) is 34.7 Å². The Morgan fingerprint density at radius 1 is 0.971 bits per heavy atom. The lowest BCUT2D eigenvalue weighted by Gasteiger charge is -2.63. The van der Waals surface area contributed by atoms with Crippen LogP contribution in [0.2, 0.25) is 0 Å². The number of anilines is 1. The second-order valence-corrected chi connectivity index (χ2v) is 20.4. The lowest BCUT2D eigenvalue weighted by molar-refractivity contribution is -0.235. The van der Waals surface area contributed by atoms with Crippen molar-refractivity contribution in [3.05, 3.63) is 101 Å². The molecule has 12 atom stereocenters. The van der Waals surface area contributed by atoms with E-state index in [0.717, 1.165) is 11.1 Å². The van der Waals surface area contributed by atoms with Crippen LogP contribution in [-0.2, 0) is 54.3 Å². The number of nitrogens with one attached hydrogen (secondary N) is 2. The SMILES string of the molecule is C=C1C=C[C@@]2(C)C(=C1)[C@@H](F)C[C@H]1[C@@H]3C[C@H]4OC(c5ccc(Cc6cccc(NC(=O)[C@H](C)CC(=O)[C@H](C)NC(=O)CCCCC(=O)ON7C(=O)CCC7=O)c6)cc5)O[C@@]4(C(=O)CO)[C@@]3(C)C[C@H](O)[C@@]12F. The van der Waals surface area contributed by atoms with Crippen molar-refractivity contribution < 1.29 is 66.9 Å². The Morgan fingerprint density at radius 3 is 2.37 bits per heavy atom. The molecular weight excluding hydrogens is 909 g/mol. The quantitative estimate of drug-likeness (QED) is 0.104. The average molecular weight is 970 g/mol. The first kappa shape index (κ1) is 50.6. The minimum Gasteiger partial charge on any atom is -0.390 e. The van der Waals surface area contributed by atoms with Crippen molar-refractivity contribution in [1.82, 2.24) is 10.4 Å². The number of carbonyl (C=O) groups excluding carboxylic acids is 7. The van der Waals surface area contributed by atoms with Crippen molar-refractivity contribution in [2.75, 3.05) is 11.9 Å². The van der Waals surface area contributed by atoms with Gasteiger partial charge in [0.1, 0.15) is 12.8 Å². The summed E-state index contributed by atoms with van der Waals surface area (Å²) in [7, 11) is 0. The van der Waals surface area contributed by atoms with Gasteiger partial charge < -0.3 is 35.2 Å². The molecule has 4 N–H and O–H groups in total. The number of hydrogen-bond acceptors (Lipinski definition) is 12. The number of aliphatic hydroxyl groups is 2. The van der Waals surface area contributed by atoms with Gasteiger partial charge >= 0.3 is 5.97 Å². The number of fused-ring (bicyclic) bond motifs is 7. The van der Waals surface area contributed by atoms with E-state index in [2.05, 4.69) is 17.2 Å². The van der Waals surface area contributed by atoms with Crippen LogP contribution in [0.15, 0.2) is 84.5 Å². The van der Waals surface area contributed by atoms with Crippen molar-refractivity contribution in [2.24, 2.45) is 28.6 Å². The molecule has 15 nitrogen and oxygen atoms in total. The Labute approximate surface area is 405 Å². The number of amides is 4. The predicted octanol–water partition coefficient (Wildman–Crippen LogP) is 6.11. The Morgan fingerprint density at radius 2 is 1.67 bits per heavy atom. The number of allylic oxidation sites excluding steroid dienone is 5. The maximum Gasteiger partial charge on any atom is 0.333 e. The van der Waals surface area contributed by atoms with Crippen molar-refractivity contribution in [3.63, 3.8) is 0 Å². The molecule has 2 aromatic carbocycles. The van der Waals surface area contributed by atoms with Gasteiger partial charge in [-0.2, -0.15) is 0 Å². The summed E-state index contributed by atoms with van der Waals surface area (Å²) in [6, 6.07) is 13.8. The molecule has 0 bridgehead atoms. The summed E-state index contributed by atoms with van der Waals surface area (Å²) >= 11 is 0. The molecule has 0 spiro atoms. The van der Waals surface area contributed by atoms with Crippen LogP contribution < -0.4 is 10.6 Å². The van der Waals surface area contributed by atoms with E-state index < -0.39 is 107 Å². The maximum absolute atomic E-state index is 17.8. The van der Waals surface area contributed by atoms with Crippen LogP contribution in [0.4, 0.5) is 14.5 Å². The molecule has 5 fully saturated rings. The van der Waals surface area contributed by atoms with Gasteiger partial charge in [-0.25, -0.2) is 13.6 Å². The molecule has 8 rings (SSSR count). The van der Waals surface area contributed by atoms with Gasteiger partial charge in [0.15, 0.2) is 29.1 Å². The number of rotatable bonds is 17. The van der Waals surface area contributed by atoms with E-state index in [9.17, 15) is 43.8 Å². The van der Waals surface area contributed by atoms with Gasteiger partial charge in [0.25, 0.3) is 11.8 Å². The third-order valence-electron chi connectivity index (χ3n) is 15.9. The van der Waals surface area contributed by atoms with Crippen LogP contribution in [0.1, 0.15) is 115 Å². The van der Waals surface area contributed by atoms with Crippen LogP contribution in [-0.4, -0.2) is 98.7 Å². The number of hydroxylamine groups is 2. The molecule has 2 aliphatic heterocycles. The first-order chi connectivity index (χ1) is 33.1. The predicted molar refractivity (Wildman–Crippen MR) is 248 cm³/mol. The minimum atomic E-state index is -2.25. The van der Waals surface area contributed by atoms with Crippen molar-refractivity contribution >= 4 is 46.9 Å². The summed E-state index contributed by atoms with van der Waals surface area (Å²) < 4.78 is 47.1. The van der Waals surface area contributed by atoms with E-state index in [-0.39, 0.29) is 75.1 Å². The number of hydrogen-bond donors (Lipinski definition) is 4. The van der Waals surface area contributed by atoms with Gasteiger partial charge in [-0.05, 0) is 92.7 Å². The minimum absolute atomic E-state index is 0.00979. The zero-order chi connectivity index (χ0) is 50.5. The van der Waals surface area contributed by atoms with Crippen molar-refractivity contribution in [3.8, 4) is 0 Å². The lowest BCUT2D eigenvalue weighted by atomic mass is 9.44. The van der Waals surface area contributed by atoms with Crippen LogP contribution in [0.25, 0.3) is 0 Å². The smallest absolute Gasteiger partial charge is 0.333 e. The molecule has 0 aromatic heterocycles. The zero-order valence-corrected chi connectivity index (χ0v) is 39.8. The van der Waals surface area contributed by atoms with Crippen LogP contribution >= 0.6 is 0 Å². The highest BCUT2D eigenvalue weighted by molar-refractivity contribution is 6.01. The molecule has 17 heteroatoms. The summed E-state index contributed by atoms with van der Waals surface area (Å²) in [5.74, 6) is -5.99. The number of nitrogens with zero attached hydrogens (tertiary/aromatic N) is 1. The van der Waals surface area contributed by atoms with Crippen LogP contribution in [0.5, 0.6) is 0 Å². The van der Waals surface area contributed by atoms with Crippen LogP contribution in [0, 0.1) is 28.6 Å². The number of imide groups is 1. The van der Waals surface area contributed by atoms with Crippen molar-refractivity contribution in [1.29, 1.82) is 0 Å². The summed E-state index contributed by atoms with van der Waals surface area (Å²) in [5.41, 5.74) is -2.93. The van der Waals surface area contributed by atoms with Gasteiger partial charge in [-0.15, -0.1) is 5.06 Å². The van der Waals surface area contributed by atoms with Crippen molar-refractivity contribution in [2.45, 2.75) is 140 Å². The Hall–Kier alpha value is -5.75. The molecule has 3 saturated carbocycles. The van der Waals surface area contributed by atoms with Crippen LogP contribution in [0.3, 0.4) is 0 Å². The lowest BCUT2D eigenvalue weighted by Crippen LogP contribution is -2.70. The molecule has 0 radical (unpaired) electrons. The number of alkyl halides is 2. The zero-order valence-electron chi connectivity index (χ0n) is 39.8. The summed E-state index contributed by atoms with van der Waals surface area (Å²) in [5, 5.41) is 28.2. The molecule has 2 saturated heterocycles. The molecule has 2 heterocycles. The molecule has 6 aliphatic rings. The highest BCUT2D eigenvalue weighted by atomic mass is 19.1. The summed E-state index contributed by atoms with van der Waals surface area (Å²) in [6.07, 6.45) is 0.442. The fourth-order valence-corrected chi connectivity index (χ4v) is 12.2. The first-order valence-corrected chi connectivity index (χ1v) is 24.1. The standard InChI is InChI=1S/C53H61F2N3O12/c1-29-19-20-50(4)38(21-29)39(54)25-37-36-26-43-53(42(62)28-59,51(36,5)27-41(61)52(37,50)55)69-49(68-43)34-15-13-32(14-16-34)23-33-9-8-10-35(24-33)57-48(67)30(2)22-40(60)31(3)56-44(63)11-6-7-12-47(66)70-58-45(64)17-18-46(58)65/h8-10,13-16,19-21,24,30-31,36-37,39,41,43,49,59,61H,1,6-7,11-12,17-18,22-23,25-28H2,2-5H3,(H,56,63)(H,57,67)/t30-,31+,36+,37+,39+,41+,43-,49?,50+,51+,52+,53-/m1/s1. The number of carbonyl (C=O) groups is 7. The second kappa shape index (κ2) is 19.5. The van der Waals surface area contributed by atoms with Gasteiger partial charge in [-0.3, -0.25) is 28.8 Å². The van der Waals surface area contributed by atoms with Gasteiger partial charge in [0.05, 0.1) is 18.2 Å².